The molecule has 1 amide bonds. The van der Waals surface area contributed by atoms with Crippen LogP contribution >= 0.6 is 0 Å². The Bertz CT molecular complexity index is 571. The van der Waals surface area contributed by atoms with Crippen LogP contribution in [0.4, 0.5) is 0 Å². The number of carbonyl (C=O) groups excluding carboxylic acids is 1. The maximum atomic E-state index is 12.9. The number of fused-ring (bicyclic) bond motifs is 3. The Kier molecular flexibility index (Phi) is 4.14. The summed E-state index contributed by atoms with van der Waals surface area (Å²) in [6, 6.07) is 9.13. The van der Waals surface area contributed by atoms with Crippen LogP contribution < -0.4 is 11.1 Å². The van der Waals surface area contributed by atoms with E-state index in [0.29, 0.717) is 17.9 Å². The zero-order valence-electron chi connectivity index (χ0n) is 13.8. The van der Waals surface area contributed by atoms with Crippen molar-refractivity contribution < 1.29 is 4.79 Å². The number of rotatable bonds is 2. The van der Waals surface area contributed by atoms with E-state index in [-0.39, 0.29) is 17.9 Å². The second-order valence-corrected chi connectivity index (χ2v) is 7.85. The topological polar surface area (TPSA) is 55.1 Å². The van der Waals surface area contributed by atoms with E-state index < -0.39 is 0 Å². The van der Waals surface area contributed by atoms with Crippen molar-refractivity contribution in [2.45, 2.75) is 63.5 Å². The molecule has 4 rings (SSSR count). The van der Waals surface area contributed by atoms with E-state index in [4.69, 9.17) is 5.73 Å². The molecule has 3 unspecified atom stereocenters. The van der Waals surface area contributed by atoms with E-state index in [9.17, 15) is 4.79 Å². The molecule has 2 bridgehead atoms. The van der Waals surface area contributed by atoms with E-state index in [1.165, 1.54) is 36.8 Å². The van der Waals surface area contributed by atoms with E-state index in [2.05, 4.69) is 29.6 Å². The average molecular weight is 312 g/mol. The van der Waals surface area contributed by atoms with Crippen molar-refractivity contribution >= 4 is 5.91 Å². The van der Waals surface area contributed by atoms with Crippen LogP contribution in [0.15, 0.2) is 24.3 Å². The van der Waals surface area contributed by atoms with Crippen LogP contribution in [0, 0.1) is 17.8 Å². The molecule has 0 aromatic heterocycles. The standard InChI is InChI=1S/C20H28N2O/c21-19-14-7-3-8-15(19)12-16(11-14)20(23)22-18-10-4-6-13-5-1-2-9-17(13)18/h1-2,5,9,14-16,18-19H,3-4,6-8,10-12,21H2,(H,22,23). The highest BCUT2D eigenvalue weighted by Gasteiger charge is 2.41. The lowest BCUT2D eigenvalue weighted by Gasteiger charge is -2.44. The normalized spacial score (nSPS) is 36.1. The molecule has 0 heterocycles. The Hall–Kier alpha value is -1.35. The smallest absolute Gasteiger partial charge is 0.223 e. The minimum Gasteiger partial charge on any atom is -0.349 e. The van der Waals surface area contributed by atoms with Crippen LogP contribution in [0.3, 0.4) is 0 Å². The molecule has 124 valence electrons. The molecular weight excluding hydrogens is 284 g/mol. The van der Waals surface area contributed by atoms with Gasteiger partial charge in [-0.3, -0.25) is 4.79 Å². The van der Waals surface area contributed by atoms with Gasteiger partial charge in [0.2, 0.25) is 5.91 Å². The number of benzene rings is 1. The summed E-state index contributed by atoms with van der Waals surface area (Å²) in [5.74, 6) is 1.59. The molecule has 0 aliphatic heterocycles. The number of nitrogens with two attached hydrogens (primary N) is 1. The molecule has 0 spiro atoms. The third-order valence-electron chi connectivity index (χ3n) is 6.47. The lowest BCUT2D eigenvalue weighted by atomic mass is 9.65. The molecule has 3 N–H and O–H groups in total. The number of amides is 1. The third-order valence-corrected chi connectivity index (χ3v) is 6.47. The first-order valence-corrected chi connectivity index (χ1v) is 9.36. The van der Waals surface area contributed by atoms with Crippen LogP contribution in [-0.4, -0.2) is 11.9 Å². The molecule has 0 saturated heterocycles. The fourth-order valence-corrected chi connectivity index (χ4v) is 5.20. The van der Waals surface area contributed by atoms with Crippen molar-refractivity contribution in [2.75, 3.05) is 0 Å². The molecule has 2 fully saturated rings. The second-order valence-electron chi connectivity index (χ2n) is 7.85. The zero-order chi connectivity index (χ0) is 15.8. The van der Waals surface area contributed by atoms with Gasteiger partial charge in [0.1, 0.15) is 0 Å². The van der Waals surface area contributed by atoms with Crippen molar-refractivity contribution in [2.24, 2.45) is 23.5 Å². The Balaban J connectivity index is 1.45. The summed E-state index contributed by atoms with van der Waals surface area (Å²) in [6.07, 6.45) is 9.11. The lowest BCUT2D eigenvalue weighted by Crippen LogP contribution is -2.49. The van der Waals surface area contributed by atoms with Gasteiger partial charge in [-0.15, -0.1) is 0 Å². The average Bonchev–Trinajstić information content (AvgIpc) is 2.55. The van der Waals surface area contributed by atoms with Crippen LogP contribution in [0.25, 0.3) is 0 Å². The predicted octanol–water partition coefficient (Wildman–Crippen LogP) is 3.33. The van der Waals surface area contributed by atoms with Gasteiger partial charge in [-0.05, 0) is 67.9 Å². The van der Waals surface area contributed by atoms with Gasteiger partial charge < -0.3 is 11.1 Å². The molecule has 2 saturated carbocycles. The summed E-state index contributed by atoms with van der Waals surface area (Å²) >= 11 is 0. The molecule has 3 atom stereocenters. The molecule has 23 heavy (non-hydrogen) atoms. The molecule has 1 aromatic rings. The number of nitrogens with one attached hydrogen (secondary N) is 1. The summed E-state index contributed by atoms with van der Waals surface area (Å²) in [5.41, 5.74) is 9.10. The monoisotopic (exact) mass is 312 g/mol. The SMILES string of the molecule is NC1C2CCCC1CC(C(=O)NC1CCCc3ccccc31)C2. The number of hydrogen-bond acceptors (Lipinski definition) is 2. The van der Waals surface area contributed by atoms with E-state index in [0.717, 1.165) is 25.7 Å². The third kappa shape index (κ3) is 2.91. The molecule has 3 heteroatoms. The summed E-state index contributed by atoms with van der Waals surface area (Å²) in [7, 11) is 0. The first-order valence-electron chi connectivity index (χ1n) is 9.36. The molecule has 3 nitrogen and oxygen atoms in total. The second kappa shape index (κ2) is 6.27. The van der Waals surface area contributed by atoms with E-state index >= 15 is 0 Å². The van der Waals surface area contributed by atoms with Crippen molar-refractivity contribution in [3.05, 3.63) is 35.4 Å². The Labute approximate surface area is 139 Å². The minimum atomic E-state index is 0.180. The number of hydrogen-bond donors (Lipinski definition) is 2. The van der Waals surface area contributed by atoms with Crippen molar-refractivity contribution in [1.29, 1.82) is 0 Å². The first kappa shape index (κ1) is 15.2. The van der Waals surface area contributed by atoms with Gasteiger partial charge in [-0.1, -0.05) is 30.7 Å². The summed E-state index contributed by atoms with van der Waals surface area (Å²) in [5, 5.41) is 3.37. The Morgan fingerprint density at radius 2 is 1.78 bits per heavy atom. The maximum absolute atomic E-state index is 12.9. The van der Waals surface area contributed by atoms with Gasteiger partial charge in [0.25, 0.3) is 0 Å². The summed E-state index contributed by atoms with van der Waals surface area (Å²) in [4.78, 5) is 12.9. The quantitative estimate of drug-likeness (QED) is 0.880. The van der Waals surface area contributed by atoms with Gasteiger partial charge in [0.15, 0.2) is 0 Å². The van der Waals surface area contributed by atoms with Gasteiger partial charge >= 0.3 is 0 Å². The van der Waals surface area contributed by atoms with E-state index in [1.54, 1.807) is 0 Å². The van der Waals surface area contributed by atoms with Crippen molar-refractivity contribution in [3.63, 3.8) is 0 Å². The summed E-state index contributed by atoms with van der Waals surface area (Å²) in [6.45, 7) is 0. The molecule has 3 aliphatic rings. The fraction of sp³-hybridized carbons (Fsp3) is 0.650. The van der Waals surface area contributed by atoms with Crippen LogP contribution in [-0.2, 0) is 11.2 Å². The predicted molar refractivity (Wildman–Crippen MR) is 91.8 cm³/mol. The minimum absolute atomic E-state index is 0.180. The highest BCUT2D eigenvalue weighted by molar-refractivity contribution is 5.79. The number of carbonyl (C=O) groups is 1. The van der Waals surface area contributed by atoms with Gasteiger partial charge in [-0.2, -0.15) is 0 Å². The number of aryl methyl sites for hydroxylation is 1. The maximum Gasteiger partial charge on any atom is 0.223 e. The van der Waals surface area contributed by atoms with Crippen molar-refractivity contribution in [1.82, 2.24) is 5.32 Å². The van der Waals surface area contributed by atoms with Crippen LogP contribution in [0.1, 0.15) is 62.1 Å². The van der Waals surface area contributed by atoms with Crippen LogP contribution in [0.2, 0.25) is 0 Å². The lowest BCUT2D eigenvalue weighted by molar-refractivity contribution is -0.128. The van der Waals surface area contributed by atoms with Gasteiger partial charge in [-0.25, -0.2) is 0 Å². The fourth-order valence-electron chi connectivity index (χ4n) is 5.20. The van der Waals surface area contributed by atoms with E-state index in [1.807, 2.05) is 0 Å². The summed E-state index contributed by atoms with van der Waals surface area (Å²) < 4.78 is 0. The highest BCUT2D eigenvalue weighted by atomic mass is 16.1. The molecule has 0 radical (unpaired) electrons. The van der Waals surface area contributed by atoms with Gasteiger partial charge in [0.05, 0.1) is 6.04 Å². The van der Waals surface area contributed by atoms with Gasteiger partial charge in [0, 0.05) is 12.0 Å². The molecular formula is C20H28N2O. The molecule has 3 aliphatic carbocycles. The Morgan fingerprint density at radius 3 is 2.57 bits per heavy atom. The highest BCUT2D eigenvalue weighted by Crippen LogP contribution is 2.42. The largest absolute Gasteiger partial charge is 0.349 e. The molecule has 1 aromatic carbocycles. The first-order chi connectivity index (χ1) is 11.2. The van der Waals surface area contributed by atoms with Crippen LogP contribution in [0.5, 0.6) is 0 Å². The Morgan fingerprint density at radius 1 is 1.04 bits per heavy atom. The van der Waals surface area contributed by atoms with Crippen molar-refractivity contribution in [3.8, 4) is 0 Å². The zero-order valence-corrected chi connectivity index (χ0v) is 13.8.